The molecule has 0 heterocycles. The van der Waals surface area contributed by atoms with Gasteiger partial charge in [0, 0.05) is 25.3 Å². The molecule has 0 aliphatic heterocycles. The third-order valence-electron chi connectivity index (χ3n) is 3.92. The molecule has 0 N–H and O–H groups in total. The molecule has 1 atom stereocenters. The lowest BCUT2D eigenvalue weighted by Crippen LogP contribution is -2.21. The van der Waals surface area contributed by atoms with E-state index >= 15 is 0 Å². The second-order valence-corrected chi connectivity index (χ2v) is 6.04. The van der Waals surface area contributed by atoms with Crippen LogP contribution in [0.25, 0.3) is 11.1 Å². The number of hydrogen-bond donors (Lipinski definition) is 0. The molecule has 0 bridgehead atoms. The molecule has 0 spiro atoms. The zero-order valence-electron chi connectivity index (χ0n) is 15.8. The fourth-order valence-corrected chi connectivity index (χ4v) is 2.37. The SMILES string of the molecule is CC(=O)O/N=C(\c1ccc(-c2ccccc2)cc1)C(C)/C(C)=N/OC(C)=O. The lowest BCUT2D eigenvalue weighted by atomic mass is 9.93. The standard InChI is InChI=1S/C21H22N2O4/c1-14(15(2)22-26-16(3)24)21(23-27-17(4)25)20-12-10-19(11-13-20)18-8-6-5-7-9-18/h5-14H,1-4H3/b22-15+,23-21-. The normalized spacial score (nSPS) is 13.0. The maximum absolute atomic E-state index is 11.2. The molecule has 0 amide bonds. The predicted molar refractivity (Wildman–Crippen MR) is 104 cm³/mol. The van der Waals surface area contributed by atoms with Crippen molar-refractivity contribution in [2.45, 2.75) is 27.7 Å². The summed E-state index contributed by atoms with van der Waals surface area (Å²) in [4.78, 5) is 31.7. The first-order valence-electron chi connectivity index (χ1n) is 8.52. The number of oxime groups is 2. The molecule has 6 heteroatoms. The lowest BCUT2D eigenvalue weighted by molar-refractivity contribution is -0.141. The molecule has 0 fully saturated rings. The minimum absolute atomic E-state index is 0.328. The van der Waals surface area contributed by atoms with E-state index in [-0.39, 0.29) is 5.92 Å². The summed E-state index contributed by atoms with van der Waals surface area (Å²) in [5.41, 5.74) is 3.98. The zero-order valence-corrected chi connectivity index (χ0v) is 15.8. The van der Waals surface area contributed by atoms with E-state index in [1.54, 1.807) is 6.92 Å². The van der Waals surface area contributed by atoms with Crippen molar-refractivity contribution < 1.29 is 19.3 Å². The average molecular weight is 366 g/mol. The van der Waals surface area contributed by atoms with Crippen molar-refractivity contribution in [2.75, 3.05) is 0 Å². The number of nitrogens with zero attached hydrogens (tertiary/aromatic N) is 2. The fourth-order valence-electron chi connectivity index (χ4n) is 2.37. The molecule has 0 aliphatic rings. The van der Waals surface area contributed by atoms with Gasteiger partial charge in [-0.05, 0) is 18.1 Å². The number of hydrogen-bond acceptors (Lipinski definition) is 6. The van der Waals surface area contributed by atoms with Gasteiger partial charge in [0.25, 0.3) is 0 Å². The minimum Gasteiger partial charge on any atom is -0.319 e. The highest BCUT2D eigenvalue weighted by molar-refractivity contribution is 6.14. The van der Waals surface area contributed by atoms with Crippen molar-refractivity contribution in [1.82, 2.24) is 0 Å². The Kier molecular flexibility index (Phi) is 7.00. The summed E-state index contributed by atoms with van der Waals surface area (Å²) in [6, 6.07) is 17.7. The summed E-state index contributed by atoms with van der Waals surface area (Å²) in [5, 5.41) is 7.80. The molecule has 0 aliphatic carbocycles. The van der Waals surface area contributed by atoms with E-state index < -0.39 is 11.9 Å². The first-order valence-corrected chi connectivity index (χ1v) is 8.52. The molecule has 0 saturated heterocycles. The van der Waals surface area contributed by atoms with E-state index in [1.807, 2.05) is 61.5 Å². The van der Waals surface area contributed by atoms with Gasteiger partial charge in [-0.3, -0.25) is 0 Å². The molecule has 2 rings (SSSR count). The zero-order chi connectivity index (χ0) is 19.8. The van der Waals surface area contributed by atoms with E-state index in [0.29, 0.717) is 11.4 Å². The summed E-state index contributed by atoms with van der Waals surface area (Å²) in [6.45, 7) is 6.12. The summed E-state index contributed by atoms with van der Waals surface area (Å²) in [6.07, 6.45) is 0. The molecule has 140 valence electrons. The molecule has 27 heavy (non-hydrogen) atoms. The Hall–Kier alpha value is -3.28. The Morgan fingerprint density at radius 1 is 0.778 bits per heavy atom. The molecule has 6 nitrogen and oxygen atoms in total. The van der Waals surface area contributed by atoms with Crippen LogP contribution in [0, 0.1) is 5.92 Å². The number of carbonyl (C=O) groups is 2. The van der Waals surface area contributed by atoms with Crippen LogP contribution in [-0.2, 0) is 19.3 Å². The van der Waals surface area contributed by atoms with Gasteiger partial charge in [-0.25, -0.2) is 9.59 Å². The summed E-state index contributed by atoms with van der Waals surface area (Å²) in [5.74, 6) is -1.35. The highest BCUT2D eigenvalue weighted by Crippen LogP contribution is 2.21. The first-order chi connectivity index (χ1) is 12.9. The van der Waals surface area contributed by atoms with Crippen molar-refractivity contribution in [2.24, 2.45) is 16.2 Å². The number of benzene rings is 2. The summed E-state index contributed by atoms with van der Waals surface area (Å²) >= 11 is 0. The Morgan fingerprint density at radius 2 is 1.30 bits per heavy atom. The van der Waals surface area contributed by atoms with Gasteiger partial charge in [-0.2, -0.15) is 0 Å². The van der Waals surface area contributed by atoms with E-state index in [2.05, 4.69) is 10.3 Å². The number of rotatable bonds is 6. The van der Waals surface area contributed by atoms with Crippen LogP contribution < -0.4 is 0 Å². The van der Waals surface area contributed by atoms with Gasteiger partial charge in [0.15, 0.2) is 0 Å². The van der Waals surface area contributed by atoms with Gasteiger partial charge >= 0.3 is 11.9 Å². The summed E-state index contributed by atoms with van der Waals surface area (Å²) in [7, 11) is 0. The topological polar surface area (TPSA) is 77.3 Å². The maximum atomic E-state index is 11.2. The third kappa shape index (κ3) is 5.88. The highest BCUT2D eigenvalue weighted by Gasteiger charge is 2.19. The molecule has 0 aromatic heterocycles. The van der Waals surface area contributed by atoms with Crippen LogP contribution in [0.1, 0.15) is 33.3 Å². The molecule has 0 saturated carbocycles. The van der Waals surface area contributed by atoms with Crippen molar-refractivity contribution in [3.63, 3.8) is 0 Å². The van der Waals surface area contributed by atoms with Crippen LogP contribution in [0.2, 0.25) is 0 Å². The van der Waals surface area contributed by atoms with Gasteiger partial charge < -0.3 is 9.68 Å². The molecule has 1 unspecified atom stereocenters. The van der Waals surface area contributed by atoms with Crippen LogP contribution in [0.3, 0.4) is 0 Å². The molecular weight excluding hydrogens is 344 g/mol. The fraction of sp³-hybridized carbons (Fsp3) is 0.238. The average Bonchev–Trinajstić information content (AvgIpc) is 2.67. The largest absolute Gasteiger partial charge is 0.331 e. The maximum Gasteiger partial charge on any atom is 0.331 e. The monoisotopic (exact) mass is 366 g/mol. The lowest BCUT2D eigenvalue weighted by Gasteiger charge is -2.14. The van der Waals surface area contributed by atoms with Crippen LogP contribution in [0.5, 0.6) is 0 Å². The van der Waals surface area contributed by atoms with E-state index in [1.165, 1.54) is 13.8 Å². The third-order valence-corrected chi connectivity index (χ3v) is 3.92. The van der Waals surface area contributed by atoms with Gasteiger partial charge in [0.1, 0.15) is 0 Å². The van der Waals surface area contributed by atoms with Crippen LogP contribution in [-0.4, -0.2) is 23.4 Å². The van der Waals surface area contributed by atoms with Crippen molar-refractivity contribution in [3.05, 3.63) is 60.2 Å². The first kappa shape index (κ1) is 20.0. The Morgan fingerprint density at radius 3 is 1.85 bits per heavy atom. The predicted octanol–water partition coefficient (Wildman–Crippen LogP) is 4.20. The van der Waals surface area contributed by atoms with Crippen molar-refractivity contribution in [3.8, 4) is 11.1 Å². The van der Waals surface area contributed by atoms with Gasteiger partial charge in [0.05, 0.1) is 11.4 Å². The van der Waals surface area contributed by atoms with Crippen LogP contribution in [0.4, 0.5) is 0 Å². The Balaban J connectivity index is 2.33. The van der Waals surface area contributed by atoms with E-state index in [4.69, 9.17) is 9.68 Å². The highest BCUT2D eigenvalue weighted by atomic mass is 16.7. The van der Waals surface area contributed by atoms with Crippen LogP contribution >= 0.6 is 0 Å². The molecule has 2 aromatic carbocycles. The Labute approximate surface area is 158 Å². The minimum atomic E-state index is -0.518. The van der Waals surface area contributed by atoms with Gasteiger partial charge in [-0.1, -0.05) is 71.8 Å². The van der Waals surface area contributed by atoms with E-state index in [0.717, 1.165) is 16.7 Å². The smallest absolute Gasteiger partial charge is 0.319 e. The van der Waals surface area contributed by atoms with Crippen molar-refractivity contribution >= 4 is 23.4 Å². The number of carbonyl (C=O) groups excluding carboxylic acids is 2. The van der Waals surface area contributed by atoms with Crippen molar-refractivity contribution in [1.29, 1.82) is 0 Å². The van der Waals surface area contributed by atoms with Gasteiger partial charge in [0.2, 0.25) is 0 Å². The van der Waals surface area contributed by atoms with Crippen LogP contribution in [0.15, 0.2) is 64.9 Å². The molecule has 2 aromatic rings. The van der Waals surface area contributed by atoms with E-state index in [9.17, 15) is 9.59 Å². The second-order valence-electron chi connectivity index (χ2n) is 6.04. The summed E-state index contributed by atoms with van der Waals surface area (Å²) < 4.78 is 0. The Bertz CT molecular complexity index is 856. The van der Waals surface area contributed by atoms with Gasteiger partial charge in [-0.15, -0.1) is 0 Å². The molecule has 0 radical (unpaired) electrons. The second kappa shape index (κ2) is 9.43. The quantitative estimate of drug-likeness (QED) is 0.436. The molecular formula is C21H22N2O4.